The lowest BCUT2D eigenvalue weighted by Crippen LogP contribution is -2.55. The Kier molecular flexibility index (Phi) is 8.65. The predicted molar refractivity (Wildman–Crippen MR) is 125 cm³/mol. The number of carbonyl (C=O) groups is 2. The highest BCUT2D eigenvalue weighted by Crippen LogP contribution is 2.33. The van der Waals surface area contributed by atoms with Gasteiger partial charge in [0.15, 0.2) is 11.5 Å². The molecular formula is C25H39N3O4. The van der Waals surface area contributed by atoms with E-state index in [9.17, 15) is 9.59 Å². The summed E-state index contributed by atoms with van der Waals surface area (Å²) in [7, 11) is 3.24. The maximum absolute atomic E-state index is 13.1. The fraction of sp³-hybridized carbons (Fsp3) is 0.680. The Morgan fingerprint density at radius 3 is 2.16 bits per heavy atom. The minimum absolute atomic E-state index is 0.00828. The number of hydrogen-bond acceptors (Lipinski definition) is 4. The highest BCUT2D eigenvalue weighted by Gasteiger charge is 2.30. The van der Waals surface area contributed by atoms with Crippen molar-refractivity contribution in [1.29, 1.82) is 0 Å². The predicted octanol–water partition coefficient (Wildman–Crippen LogP) is 4.03. The van der Waals surface area contributed by atoms with Crippen LogP contribution in [0.1, 0.15) is 69.9 Å². The third-order valence-corrected chi connectivity index (χ3v) is 6.68. The topological polar surface area (TPSA) is 79.9 Å². The molecule has 0 aromatic heterocycles. The summed E-state index contributed by atoms with van der Waals surface area (Å²) >= 11 is 0. The Morgan fingerprint density at radius 2 is 1.56 bits per heavy atom. The fourth-order valence-corrected chi connectivity index (χ4v) is 4.71. The summed E-state index contributed by atoms with van der Waals surface area (Å²) < 4.78 is 10.8. The summed E-state index contributed by atoms with van der Waals surface area (Å²) in [5, 5.41) is 6.22. The average molecular weight is 446 g/mol. The van der Waals surface area contributed by atoms with Crippen LogP contribution in [-0.4, -0.2) is 49.7 Å². The Morgan fingerprint density at radius 1 is 0.969 bits per heavy atom. The second-order valence-electron chi connectivity index (χ2n) is 9.37. The number of fused-ring (bicyclic) bond motifs is 1. The summed E-state index contributed by atoms with van der Waals surface area (Å²) in [6.45, 7) is 5.04. The number of nitrogens with zero attached hydrogens (tertiary/aromatic N) is 1. The lowest BCUT2D eigenvalue weighted by molar-refractivity contribution is -0.124. The molecule has 32 heavy (non-hydrogen) atoms. The van der Waals surface area contributed by atoms with Crippen molar-refractivity contribution in [3.05, 3.63) is 23.3 Å². The van der Waals surface area contributed by atoms with Crippen LogP contribution >= 0.6 is 0 Å². The zero-order valence-corrected chi connectivity index (χ0v) is 20.0. The van der Waals surface area contributed by atoms with E-state index >= 15 is 0 Å². The van der Waals surface area contributed by atoms with Crippen molar-refractivity contribution in [3.63, 3.8) is 0 Å². The highest BCUT2D eigenvalue weighted by atomic mass is 16.5. The smallest absolute Gasteiger partial charge is 0.318 e. The van der Waals surface area contributed by atoms with Gasteiger partial charge in [-0.15, -0.1) is 0 Å². The van der Waals surface area contributed by atoms with Crippen LogP contribution in [0.15, 0.2) is 12.1 Å². The van der Waals surface area contributed by atoms with Crippen LogP contribution in [0, 0.1) is 5.92 Å². The number of amides is 3. The number of nitrogens with one attached hydrogen (secondary N) is 2. The van der Waals surface area contributed by atoms with Crippen LogP contribution in [0.25, 0.3) is 0 Å². The van der Waals surface area contributed by atoms with Gasteiger partial charge in [-0.3, -0.25) is 4.79 Å². The van der Waals surface area contributed by atoms with Crippen LogP contribution in [0.4, 0.5) is 4.79 Å². The molecule has 1 heterocycles. The van der Waals surface area contributed by atoms with Crippen LogP contribution in [-0.2, 0) is 17.8 Å². The lowest BCUT2D eigenvalue weighted by Gasteiger charge is -2.32. The molecule has 0 bridgehead atoms. The molecule has 2 N–H and O–H groups in total. The maximum Gasteiger partial charge on any atom is 0.318 e. The first-order chi connectivity index (χ1) is 15.4. The number of ether oxygens (including phenoxy) is 2. The molecule has 7 heteroatoms. The van der Waals surface area contributed by atoms with Crippen molar-refractivity contribution in [1.82, 2.24) is 15.5 Å². The second kappa shape index (κ2) is 11.4. The van der Waals surface area contributed by atoms with Crippen LogP contribution < -0.4 is 20.1 Å². The Labute approximate surface area is 192 Å². The number of benzene rings is 1. The largest absolute Gasteiger partial charge is 0.493 e. The van der Waals surface area contributed by atoms with Gasteiger partial charge in [-0.05, 0) is 48.4 Å². The Hall–Kier alpha value is -2.44. The van der Waals surface area contributed by atoms with Gasteiger partial charge in [-0.25, -0.2) is 4.79 Å². The van der Waals surface area contributed by atoms with Crippen LogP contribution in [0.3, 0.4) is 0 Å². The van der Waals surface area contributed by atoms with Gasteiger partial charge in [-0.2, -0.15) is 0 Å². The minimum Gasteiger partial charge on any atom is -0.493 e. The van der Waals surface area contributed by atoms with E-state index in [1.807, 2.05) is 26.0 Å². The molecule has 1 saturated carbocycles. The normalized spacial score (nSPS) is 18.2. The van der Waals surface area contributed by atoms with E-state index in [0.29, 0.717) is 24.6 Å². The van der Waals surface area contributed by atoms with Gasteiger partial charge in [0.1, 0.15) is 6.04 Å². The lowest BCUT2D eigenvalue weighted by atomic mass is 9.95. The highest BCUT2D eigenvalue weighted by molar-refractivity contribution is 5.87. The molecule has 3 rings (SSSR count). The molecule has 0 unspecified atom stereocenters. The Bertz CT molecular complexity index is 788. The number of rotatable bonds is 6. The van der Waals surface area contributed by atoms with Crippen molar-refractivity contribution < 1.29 is 19.1 Å². The molecule has 1 aromatic rings. The first kappa shape index (κ1) is 24.2. The van der Waals surface area contributed by atoms with Gasteiger partial charge in [0.25, 0.3) is 0 Å². The first-order valence-electron chi connectivity index (χ1n) is 12.0. The zero-order chi connectivity index (χ0) is 23.1. The van der Waals surface area contributed by atoms with E-state index in [1.54, 1.807) is 19.1 Å². The third-order valence-electron chi connectivity index (χ3n) is 6.68. The SMILES string of the molecule is COc1cc2c(cc1OC)CN(C(=O)N[C@@H](C(=O)NC1CCCCCCC1)C(C)C)CC2. The number of carbonyl (C=O) groups excluding carboxylic acids is 2. The van der Waals surface area contributed by atoms with Crippen molar-refractivity contribution in [3.8, 4) is 11.5 Å². The van der Waals surface area contributed by atoms with E-state index in [1.165, 1.54) is 19.3 Å². The zero-order valence-electron chi connectivity index (χ0n) is 20.0. The van der Waals surface area contributed by atoms with E-state index < -0.39 is 6.04 Å². The number of methoxy groups -OCH3 is 2. The molecule has 2 aliphatic rings. The van der Waals surface area contributed by atoms with Gasteiger partial charge < -0.3 is 25.0 Å². The Balaban J connectivity index is 1.63. The molecule has 178 valence electrons. The van der Waals surface area contributed by atoms with Crippen molar-refractivity contribution in [2.24, 2.45) is 5.92 Å². The summed E-state index contributed by atoms with van der Waals surface area (Å²) in [6.07, 6.45) is 8.88. The molecule has 1 fully saturated rings. The quantitative estimate of drug-likeness (QED) is 0.693. The minimum atomic E-state index is -0.542. The summed E-state index contributed by atoms with van der Waals surface area (Å²) in [5.41, 5.74) is 2.21. The standard InChI is InChI=1S/C25H39N3O4/c1-17(2)23(24(29)26-20-10-8-6-5-7-9-11-20)27-25(30)28-13-12-18-14-21(31-3)22(32-4)15-19(18)16-28/h14-15,17,20,23H,5-13,16H2,1-4H3,(H,26,29)(H,27,30)/t23-/m1/s1. The molecule has 3 amide bonds. The van der Waals surface area contributed by atoms with Gasteiger partial charge in [0, 0.05) is 19.1 Å². The van der Waals surface area contributed by atoms with Gasteiger partial charge in [0.05, 0.1) is 14.2 Å². The molecule has 1 atom stereocenters. The van der Waals surface area contributed by atoms with Crippen molar-refractivity contribution >= 4 is 11.9 Å². The molecule has 1 aromatic carbocycles. The van der Waals surface area contributed by atoms with E-state index in [2.05, 4.69) is 10.6 Å². The van der Waals surface area contributed by atoms with E-state index in [-0.39, 0.29) is 23.9 Å². The molecule has 1 aliphatic carbocycles. The third kappa shape index (κ3) is 6.08. The van der Waals surface area contributed by atoms with E-state index in [4.69, 9.17) is 9.47 Å². The van der Waals surface area contributed by atoms with Gasteiger partial charge in [0.2, 0.25) is 5.91 Å². The number of hydrogen-bond donors (Lipinski definition) is 2. The summed E-state index contributed by atoms with van der Waals surface area (Å²) in [6, 6.07) is 3.40. The number of urea groups is 1. The molecule has 0 spiro atoms. The molecule has 7 nitrogen and oxygen atoms in total. The monoisotopic (exact) mass is 445 g/mol. The van der Waals surface area contributed by atoms with Crippen LogP contribution in [0.5, 0.6) is 11.5 Å². The molecular weight excluding hydrogens is 406 g/mol. The summed E-state index contributed by atoms with van der Waals surface area (Å²) in [4.78, 5) is 27.9. The fourth-order valence-electron chi connectivity index (χ4n) is 4.71. The molecule has 0 radical (unpaired) electrons. The average Bonchev–Trinajstić information content (AvgIpc) is 2.77. The van der Waals surface area contributed by atoms with E-state index in [0.717, 1.165) is 43.2 Å². The van der Waals surface area contributed by atoms with Crippen molar-refractivity contribution in [2.45, 2.75) is 83.8 Å². The molecule has 0 saturated heterocycles. The maximum atomic E-state index is 13.1. The second-order valence-corrected chi connectivity index (χ2v) is 9.37. The first-order valence-corrected chi connectivity index (χ1v) is 12.0. The van der Waals surface area contributed by atoms with Gasteiger partial charge >= 0.3 is 6.03 Å². The van der Waals surface area contributed by atoms with Crippen molar-refractivity contribution in [2.75, 3.05) is 20.8 Å². The van der Waals surface area contributed by atoms with Gasteiger partial charge in [-0.1, -0.05) is 46.0 Å². The van der Waals surface area contributed by atoms with Crippen LogP contribution in [0.2, 0.25) is 0 Å². The summed E-state index contributed by atoms with van der Waals surface area (Å²) in [5.74, 6) is 1.30. The molecule has 1 aliphatic heterocycles.